The van der Waals surface area contributed by atoms with Gasteiger partial charge in [-0.1, -0.05) is 31.7 Å². The molecule has 0 bridgehead atoms. The summed E-state index contributed by atoms with van der Waals surface area (Å²) in [6.07, 6.45) is 7.84. The highest BCUT2D eigenvalue weighted by Crippen LogP contribution is 2.23. The fourth-order valence-electron chi connectivity index (χ4n) is 2.61. The van der Waals surface area contributed by atoms with E-state index in [1.807, 2.05) is 6.07 Å². The van der Waals surface area contributed by atoms with Gasteiger partial charge in [0, 0.05) is 12.2 Å². The molecule has 106 valence electrons. The van der Waals surface area contributed by atoms with Gasteiger partial charge in [-0.3, -0.25) is 0 Å². The third-order valence-corrected chi connectivity index (χ3v) is 4.64. The van der Waals surface area contributed by atoms with E-state index in [1.54, 1.807) is 12.1 Å². The Bertz CT molecular complexity index is 506. The van der Waals surface area contributed by atoms with E-state index in [-0.39, 0.29) is 4.90 Å². The van der Waals surface area contributed by atoms with Crippen LogP contribution in [0, 0.1) is 5.92 Å². The Morgan fingerprint density at radius 1 is 1.16 bits per heavy atom. The van der Waals surface area contributed by atoms with Gasteiger partial charge in [0.1, 0.15) is 0 Å². The monoisotopic (exact) mass is 282 g/mol. The molecule has 19 heavy (non-hydrogen) atoms. The summed E-state index contributed by atoms with van der Waals surface area (Å²) < 4.78 is 22.6. The number of hydrogen-bond donors (Lipinski definition) is 2. The standard InChI is InChI=1S/C14H22N2O2S/c15-19(17,18)14-9-5-8-13(10-14)16-11-12-6-3-1-2-4-7-12/h5,8-10,12,16H,1-4,6-7,11H2,(H2,15,17,18). The van der Waals surface area contributed by atoms with Gasteiger partial charge in [-0.15, -0.1) is 0 Å². The maximum absolute atomic E-state index is 11.3. The molecular formula is C14H22N2O2S. The van der Waals surface area contributed by atoms with E-state index in [2.05, 4.69) is 5.32 Å². The number of nitrogens with two attached hydrogens (primary N) is 1. The molecule has 1 saturated carbocycles. The van der Waals surface area contributed by atoms with Crippen molar-refractivity contribution in [3.8, 4) is 0 Å². The highest BCUT2D eigenvalue weighted by Gasteiger charge is 2.12. The molecule has 0 saturated heterocycles. The lowest BCUT2D eigenvalue weighted by Gasteiger charge is -2.16. The molecule has 0 atom stereocenters. The third-order valence-electron chi connectivity index (χ3n) is 3.73. The zero-order valence-electron chi connectivity index (χ0n) is 11.1. The first-order chi connectivity index (χ1) is 9.05. The maximum atomic E-state index is 11.3. The molecule has 0 spiro atoms. The molecule has 2 rings (SSSR count). The maximum Gasteiger partial charge on any atom is 0.238 e. The number of hydrogen-bond acceptors (Lipinski definition) is 3. The average Bonchev–Trinajstić information content (AvgIpc) is 2.64. The van der Waals surface area contributed by atoms with Crippen LogP contribution >= 0.6 is 0 Å². The van der Waals surface area contributed by atoms with Crippen molar-refractivity contribution in [1.29, 1.82) is 0 Å². The number of rotatable bonds is 4. The van der Waals surface area contributed by atoms with Crippen molar-refractivity contribution in [2.75, 3.05) is 11.9 Å². The third kappa shape index (κ3) is 4.51. The number of nitrogens with one attached hydrogen (secondary N) is 1. The Balaban J connectivity index is 1.95. The molecular weight excluding hydrogens is 260 g/mol. The van der Waals surface area contributed by atoms with Crippen molar-refractivity contribution in [3.05, 3.63) is 24.3 Å². The van der Waals surface area contributed by atoms with E-state index >= 15 is 0 Å². The molecule has 1 aliphatic carbocycles. The highest BCUT2D eigenvalue weighted by atomic mass is 32.2. The molecule has 0 heterocycles. The highest BCUT2D eigenvalue weighted by molar-refractivity contribution is 7.89. The van der Waals surface area contributed by atoms with Gasteiger partial charge in [-0.25, -0.2) is 13.6 Å². The fourth-order valence-corrected chi connectivity index (χ4v) is 3.17. The molecule has 0 aliphatic heterocycles. The number of anilines is 1. The summed E-state index contributed by atoms with van der Waals surface area (Å²) in [5.41, 5.74) is 0.829. The summed E-state index contributed by atoms with van der Waals surface area (Å²) in [5, 5.41) is 8.46. The minimum absolute atomic E-state index is 0.165. The van der Waals surface area contributed by atoms with E-state index in [4.69, 9.17) is 5.14 Å². The summed E-state index contributed by atoms with van der Waals surface area (Å²) in [7, 11) is -3.61. The van der Waals surface area contributed by atoms with E-state index in [0.717, 1.165) is 12.2 Å². The van der Waals surface area contributed by atoms with Crippen molar-refractivity contribution in [1.82, 2.24) is 0 Å². The number of primary sulfonamides is 1. The summed E-state index contributed by atoms with van der Waals surface area (Å²) in [6, 6.07) is 6.72. The van der Waals surface area contributed by atoms with Crippen LogP contribution in [0.15, 0.2) is 29.2 Å². The zero-order chi connectivity index (χ0) is 13.7. The van der Waals surface area contributed by atoms with Crippen LogP contribution in [0.25, 0.3) is 0 Å². The predicted octanol–water partition coefficient (Wildman–Crippen LogP) is 2.72. The molecule has 1 aromatic rings. The minimum atomic E-state index is -3.61. The zero-order valence-corrected chi connectivity index (χ0v) is 12.0. The molecule has 0 radical (unpaired) electrons. The Morgan fingerprint density at radius 3 is 2.47 bits per heavy atom. The van der Waals surface area contributed by atoms with Crippen LogP contribution in [0.1, 0.15) is 38.5 Å². The molecule has 0 aromatic heterocycles. The molecule has 3 N–H and O–H groups in total. The number of sulfonamides is 1. The second-order valence-corrected chi connectivity index (χ2v) is 6.87. The van der Waals surface area contributed by atoms with Gasteiger partial charge in [0.2, 0.25) is 10.0 Å². The molecule has 0 unspecified atom stereocenters. The second-order valence-electron chi connectivity index (χ2n) is 5.31. The Hall–Kier alpha value is -1.07. The van der Waals surface area contributed by atoms with Crippen molar-refractivity contribution in [2.24, 2.45) is 11.1 Å². The van der Waals surface area contributed by atoms with Gasteiger partial charge >= 0.3 is 0 Å². The fraction of sp³-hybridized carbons (Fsp3) is 0.571. The molecule has 1 fully saturated rings. The van der Waals surface area contributed by atoms with Crippen LogP contribution in [0.2, 0.25) is 0 Å². The van der Waals surface area contributed by atoms with Crippen LogP contribution in [0.3, 0.4) is 0 Å². The Labute approximate surface area is 115 Å². The lowest BCUT2D eigenvalue weighted by molar-refractivity contribution is 0.483. The smallest absolute Gasteiger partial charge is 0.238 e. The Morgan fingerprint density at radius 2 is 1.84 bits per heavy atom. The molecule has 0 amide bonds. The van der Waals surface area contributed by atoms with Crippen molar-refractivity contribution < 1.29 is 8.42 Å². The van der Waals surface area contributed by atoms with Crippen LogP contribution in [-0.2, 0) is 10.0 Å². The second kappa shape index (κ2) is 6.39. The van der Waals surface area contributed by atoms with Gasteiger partial charge in [0.05, 0.1) is 4.90 Å². The van der Waals surface area contributed by atoms with Crippen LogP contribution < -0.4 is 10.5 Å². The van der Waals surface area contributed by atoms with Crippen LogP contribution in [-0.4, -0.2) is 15.0 Å². The van der Waals surface area contributed by atoms with E-state index in [1.165, 1.54) is 44.6 Å². The molecule has 5 heteroatoms. The molecule has 1 aliphatic rings. The topological polar surface area (TPSA) is 72.2 Å². The summed E-state index contributed by atoms with van der Waals surface area (Å²) in [4.78, 5) is 0.165. The average molecular weight is 282 g/mol. The quantitative estimate of drug-likeness (QED) is 0.834. The van der Waals surface area contributed by atoms with E-state index < -0.39 is 10.0 Å². The van der Waals surface area contributed by atoms with Crippen molar-refractivity contribution in [3.63, 3.8) is 0 Å². The Kier molecular flexibility index (Phi) is 4.82. The van der Waals surface area contributed by atoms with Gasteiger partial charge in [-0.05, 0) is 37.0 Å². The predicted molar refractivity (Wildman–Crippen MR) is 77.5 cm³/mol. The van der Waals surface area contributed by atoms with Gasteiger partial charge in [-0.2, -0.15) is 0 Å². The lowest BCUT2D eigenvalue weighted by atomic mass is 10.0. The summed E-state index contributed by atoms with van der Waals surface area (Å²) in [6.45, 7) is 0.911. The molecule has 4 nitrogen and oxygen atoms in total. The minimum Gasteiger partial charge on any atom is -0.385 e. The SMILES string of the molecule is NS(=O)(=O)c1cccc(NCC2CCCCCC2)c1. The summed E-state index contributed by atoms with van der Waals surface area (Å²) >= 11 is 0. The van der Waals surface area contributed by atoms with E-state index in [9.17, 15) is 8.42 Å². The number of benzene rings is 1. The van der Waals surface area contributed by atoms with Crippen molar-refractivity contribution >= 4 is 15.7 Å². The van der Waals surface area contributed by atoms with Crippen LogP contribution in [0.5, 0.6) is 0 Å². The summed E-state index contributed by atoms with van der Waals surface area (Å²) in [5.74, 6) is 0.695. The van der Waals surface area contributed by atoms with Crippen LogP contribution in [0.4, 0.5) is 5.69 Å². The van der Waals surface area contributed by atoms with E-state index in [0.29, 0.717) is 5.92 Å². The normalized spacial score (nSPS) is 17.9. The first kappa shape index (κ1) is 14.3. The van der Waals surface area contributed by atoms with Crippen molar-refractivity contribution in [2.45, 2.75) is 43.4 Å². The largest absolute Gasteiger partial charge is 0.385 e. The van der Waals surface area contributed by atoms with Gasteiger partial charge < -0.3 is 5.32 Å². The van der Waals surface area contributed by atoms with Gasteiger partial charge in [0.15, 0.2) is 0 Å². The lowest BCUT2D eigenvalue weighted by Crippen LogP contribution is -2.15. The molecule has 1 aromatic carbocycles. The van der Waals surface area contributed by atoms with Gasteiger partial charge in [0.25, 0.3) is 0 Å². The first-order valence-corrected chi connectivity index (χ1v) is 8.47. The first-order valence-electron chi connectivity index (χ1n) is 6.92.